The predicted octanol–water partition coefficient (Wildman–Crippen LogP) is 0.0133. The van der Waals surface area contributed by atoms with Gasteiger partial charge in [0.05, 0.1) is 18.8 Å². The van der Waals surface area contributed by atoms with E-state index in [-0.39, 0.29) is 42.4 Å². The summed E-state index contributed by atoms with van der Waals surface area (Å²) in [5.41, 5.74) is 1.01. The first-order valence-corrected chi connectivity index (χ1v) is 13.6. The molecule has 4 rings (SSSR count). The highest BCUT2D eigenvalue weighted by atomic mass is 16.7. The molecule has 0 aliphatic carbocycles. The number of carbonyl (C=O) groups is 1. The van der Waals surface area contributed by atoms with Crippen molar-refractivity contribution in [2.45, 2.75) is 75.1 Å². The van der Waals surface area contributed by atoms with Crippen LogP contribution in [0.1, 0.15) is 24.5 Å². The lowest BCUT2D eigenvalue weighted by atomic mass is 9.98. The molecule has 0 amide bonds. The van der Waals surface area contributed by atoms with Gasteiger partial charge in [0.1, 0.15) is 37.1 Å². The minimum absolute atomic E-state index is 0.0325. The van der Waals surface area contributed by atoms with Gasteiger partial charge in [0.25, 0.3) is 0 Å². The molecule has 9 atom stereocenters. The van der Waals surface area contributed by atoms with Gasteiger partial charge in [-0.1, -0.05) is 12.1 Å². The van der Waals surface area contributed by atoms with Crippen molar-refractivity contribution in [2.24, 2.45) is 0 Å². The molecule has 14 heteroatoms. The summed E-state index contributed by atoms with van der Waals surface area (Å²) in [4.78, 5) is 12.4. The van der Waals surface area contributed by atoms with E-state index in [1.807, 2.05) is 0 Å². The van der Waals surface area contributed by atoms with Crippen LogP contribution < -0.4 is 0 Å². The fraction of sp³-hybridized carbons (Fsp3) is 0.483. The maximum absolute atomic E-state index is 12.4. The highest BCUT2D eigenvalue weighted by molar-refractivity contribution is 5.87. The van der Waals surface area contributed by atoms with Crippen LogP contribution in [0.25, 0.3) is 6.08 Å². The number of benzene rings is 2. The van der Waals surface area contributed by atoms with E-state index in [0.717, 1.165) is 6.08 Å². The van der Waals surface area contributed by atoms with Crippen LogP contribution in [0.15, 0.2) is 42.5 Å². The van der Waals surface area contributed by atoms with E-state index < -0.39 is 67.9 Å². The third-order valence-corrected chi connectivity index (χ3v) is 7.13. The van der Waals surface area contributed by atoms with Crippen LogP contribution in [-0.2, 0) is 34.9 Å². The van der Waals surface area contributed by atoms with Crippen molar-refractivity contribution in [3.05, 3.63) is 53.6 Å². The van der Waals surface area contributed by atoms with Gasteiger partial charge in [0.15, 0.2) is 35.6 Å². The zero-order valence-electron chi connectivity index (χ0n) is 23.2. The summed E-state index contributed by atoms with van der Waals surface area (Å²) < 4.78 is 28.0. The van der Waals surface area contributed by atoms with E-state index >= 15 is 0 Å². The number of hydrogen-bond acceptors (Lipinski definition) is 14. The summed E-state index contributed by atoms with van der Waals surface area (Å²) in [6.45, 7) is 1.05. The highest BCUT2D eigenvalue weighted by Crippen LogP contribution is 2.30. The highest BCUT2D eigenvalue weighted by Gasteiger charge is 2.49. The predicted molar refractivity (Wildman–Crippen MR) is 146 cm³/mol. The summed E-state index contributed by atoms with van der Waals surface area (Å²) in [7, 11) is 0. The van der Waals surface area contributed by atoms with Gasteiger partial charge in [0, 0.05) is 12.5 Å². The Morgan fingerprint density at radius 3 is 2.28 bits per heavy atom. The number of rotatable bonds is 10. The molecule has 2 aromatic rings. The molecule has 14 nitrogen and oxygen atoms in total. The third kappa shape index (κ3) is 8.34. The molecule has 0 radical (unpaired) electrons. The molecule has 2 fully saturated rings. The number of carbonyl (C=O) groups excluding carboxylic acids is 1. The zero-order chi connectivity index (χ0) is 31.3. The van der Waals surface area contributed by atoms with E-state index in [1.165, 1.54) is 36.4 Å². The molecule has 2 aliphatic heterocycles. The normalized spacial score (nSPS) is 31.2. The van der Waals surface area contributed by atoms with Crippen molar-refractivity contribution >= 4 is 12.0 Å². The largest absolute Gasteiger partial charge is 0.504 e. The molecular weight excluding hydrogens is 572 g/mol. The Morgan fingerprint density at radius 1 is 0.884 bits per heavy atom. The van der Waals surface area contributed by atoms with Crippen LogP contribution in [0.5, 0.6) is 23.0 Å². The van der Waals surface area contributed by atoms with Crippen LogP contribution in [0, 0.1) is 0 Å². The second-order valence-corrected chi connectivity index (χ2v) is 10.4. The minimum Gasteiger partial charge on any atom is -0.504 e. The summed E-state index contributed by atoms with van der Waals surface area (Å²) in [6, 6.07) is 8.17. The summed E-state index contributed by atoms with van der Waals surface area (Å²) in [6.07, 6.45) is -8.88. The molecule has 0 aromatic heterocycles. The standard InChI is InChI=1S/C29H36O14/c1-14-19(32)12-22(35)28(41-14)43-27-25(37)23(13-40-24(36)7-4-15-2-5-17(30)20(33)10-15)42-29(26(27)38)39-9-8-16-3-6-18(31)21(34)11-16/h2-7,10-11,14,19,22-23,25-35,37-38H,8-9,12-13H2,1H3/b7-4+/t14?,19-,22-,23-,25-,26-,27+,28+,29-/m1/s1. The topological polar surface area (TPSA) is 225 Å². The average Bonchev–Trinajstić information content (AvgIpc) is 2.96. The maximum Gasteiger partial charge on any atom is 0.330 e. The van der Waals surface area contributed by atoms with Gasteiger partial charge in [-0.15, -0.1) is 0 Å². The summed E-state index contributed by atoms with van der Waals surface area (Å²) in [5, 5.41) is 80.6. The van der Waals surface area contributed by atoms with Crippen molar-refractivity contribution in [1.82, 2.24) is 0 Å². The van der Waals surface area contributed by atoms with E-state index in [4.69, 9.17) is 23.7 Å². The van der Waals surface area contributed by atoms with Crippen molar-refractivity contribution in [2.75, 3.05) is 13.2 Å². The molecular formula is C29H36O14. The first-order chi connectivity index (χ1) is 20.4. The number of hydrogen-bond donors (Lipinski definition) is 8. The number of phenols is 4. The second kappa shape index (κ2) is 14.3. The third-order valence-electron chi connectivity index (χ3n) is 7.13. The second-order valence-electron chi connectivity index (χ2n) is 10.4. The molecule has 1 unspecified atom stereocenters. The van der Waals surface area contributed by atoms with Gasteiger partial charge in [-0.3, -0.25) is 0 Å². The zero-order valence-corrected chi connectivity index (χ0v) is 23.2. The summed E-state index contributed by atoms with van der Waals surface area (Å²) in [5.74, 6) is -2.12. The van der Waals surface area contributed by atoms with E-state index in [1.54, 1.807) is 13.0 Å². The van der Waals surface area contributed by atoms with E-state index in [2.05, 4.69) is 0 Å². The number of esters is 1. The van der Waals surface area contributed by atoms with Crippen LogP contribution in [0.2, 0.25) is 0 Å². The summed E-state index contributed by atoms with van der Waals surface area (Å²) >= 11 is 0. The number of aromatic hydroxyl groups is 4. The van der Waals surface area contributed by atoms with Crippen LogP contribution in [0.4, 0.5) is 0 Å². The Kier molecular flexibility index (Phi) is 10.8. The van der Waals surface area contributed by atoms with Crippen LogP contribution >= 0.6 is 0 Å². The van der Waals surface area contributed by atoms with Gasteiger partial charge in [-0.2, -0.15) is 0 Å². The quantitative estimate of drug-likeness (QED) is 0.101. The number of aliphatic hydroxyl groups is 4. The van der Waals surface area contributed by atoms with Gasteiger partial charge in [-0.05, 0) is 54.8 Å². The van der Waals surface area contributed by atoms with Crippen molar-refractivity contribution < 1.29 is 69.3 Å². The number of ether oxygens (including phenoxy) is 5. The van der Waals surface area contributed by atoms with E-state index in [9.17, 15) is 45.6 Å². The first kappa shape index (κ1) is 32.4. The first-order valence-electron chi connectivity index (χ1n) is 13.6. The molecule has 0 spiro atoms. The Balaban J connectivity index is 1.43. The van der Waals surface area contributed by atoms with Gasteiger partial charge in [-0.25, -0.2) is 4.79 Å². The minimum atomic E-state index is -1.59. The van der Waals surface area contributed by atoms with Crippen LogP contribution in [-0.4, -0.2) is 115 Å². The fourth-order valence-electron chi connectivity index (χ4n) is 4.60. The Hall–Kier alpha value is -3.47. The lowest BCUT2D eigenvalue weighted by Gasteiger charge is -2.45. The molecule has 2 heterocycles. The average molecular weight is 609 g/mol. The molecule has 2 saturated heterocycles. The molecule has 2 aromatic carbocycles. The van der Waals surface area contributed by atoms with Crippen molar-refractivity contribution in [3.63, 3.8) is 0 Å². The number of aliphatic hydroxyl groups excluding tert-OH is 4. The lowest BCUT2D eigenvalue weighted by molar-refractivity contribution is -0.348. The molecule has 236 valence electrons. The van der Waals surface area contributed by atoms with Gasteiger partial charge in [0.2, 0.25) is 0 Å². The SMILES string of the molecule is CC1O[C@@H](O[C@@H]2[C@@H](O)[C@H](OCCc3ccc(O)c(O)c3)O[C@H](COC(=O)/C=C/c3ccc(O)c(O)c3)[C@H]2O)[C@H](O)C[C@H]1O. The Labute approximate surface area is 246 Å². The Bertz CT molecular complexity index is 1270. The van der Waals surface area contributed by atoms with Gasteiger partial charge < -0.3 is 64.5 Å². The molecule has 43 heavy (non-hydrogen) atoms. The van der Waals surface area contributed by atoms with Gasteiger partial charge >= 0.3 is 5.97 Å². The van der Waals surface area contributed by atoms with Crippen molar-refractivity contribution in [3.8, 4) is 23.0 Å². The lowest BCUT2D eigenvalue weighted by Crippen LogP contribution is -2.62. The molecule has 0 bridgehead atoms. The molecule has 2 aliphatic rings. The maximum atomic E-state index is 12.4. The fourth-order valence-corrected chi connectivity index (χ4v) is 4.60. The smallest absolute Gasteiger partial charge is 0.330 e. The van der Waals surface area contributed by atoms with E-state index in [0.29, 0.717) is 11.1 Å². The molecule has 8 N–H and O–H groups in total. The number of phenolic OH excluding ortho intramolecular Hbond substituents is 4. The monoisotopic (exact) mass is 608 g/mol. The molecule has 0 saturated carbocycles. The van der Waals surface area contributed by atoms with Crippen molar-refractivity contribution in [1.29, 1.82) is 0 Å². The Morgan fingerprint density at radius 2 is 1.58 bits per heavy atom. The van der Waals surface area contributed by atoms with Crippen LogP contribution in [0.3, 0.4) is 0 Å².